The van der Waals surface area contributed by atoms with E-state index in [1.807, 2.05) is 0 Å². The quantitative estimate of drug-likeness (QED) is 0.344. The number of methoxy groups -OCH3 is 1. The van der Waals surface area contributed by atoms with Crippen molar-refractivity contribution in [1.29, 1.82) is 5.26 Å². The Balaban J connectivity index is 1.64. The second-order valence-corrected chi connectivity index (χ2v) is 7.14. The van der Waals surface area contributed by atoms with Crippen molar-refractivity contribution in [2.45, 2.75) is 6.42 Å². The lowest BCUT2D eigenvalue weighted by Crippen LogP contribution is -2.37. The molecule has 10 heteroatoms. The van der Waals surface area contributed by atoms with Crippen LogP contribution in [0.4, 0.5) is 15.8 Å². The van der Waals surface area contributed by atoms with E-state index in [0.29, 0.717) is 29.5 Å². The van der Waals surface area contributed by atoms with E-state index in [0.717, 1.165) is 39.3 Å². The van der Waals surface area contributed by atoms with Gasteiger partial charge in [0.2, 0.25) is 0 Å². The predicted octanol–water partition coefficient (Wildman–Crippen LogP) is 4.57. The number of nitrogens with one attached hydrogen (secondary N) is 1. The van der Waals surface area contributed by atoms with Crippen molar-refractivity contribution >= 4 is 23.0 Å². The highest BCUT2D eigenvalue weighted by molar-refractivity contribution is 6.31. The molecule has 0 unspecified atom stereocenters. The molecule has 0 amide bonds. The van der Waals surface area contributed by atoms with Gasteiger partial charge in [-0.1, -0.05) is 16.8 Å². The maximum Gasteiger partial charge on any atom is 0.163 e. The van der Waals surface area contributed by atoms with Gasteiger partial charge >= 0.3 is 0 Å². The molecule has 0 spiro atoms. The third-order valence-electron chi connectivity index (χ3n) is 4.64. The highest BCUT2D eigenvalue weighted by atomic mass is 35.5. The Hall–Kier alpha value is -2.93. The minimum absolute atomic E-state index is 0.0323. The molecule has 1 fully saturated rings. The van der Waals surface area contributed by atoms with Gasteiger partial charge in [0.25, 0.3) is 0 Å². The standard InChI is InChI=1S/C21H23ClFN5O3/c1-29-20-11-15(14-24)19(26-27-25-16-3-4-18(23)17(22)12-16)13-21(20)31-8-2-5-28-6-9-30-10-7-28/h3-4,11-13H,2,5-10H2,1H3,(H,25,26). The number of hydrogen-bond acceptors (Lipinski definition) is 7. The Labute approximate surface area is 185 Å². The summed E-state index contributed by atoms with van der Waals surface area (Å²) < 4.78 is 29.8. The Bertz CT molecular complexity index is 961. The van der Waals surface area contributed by atoms with Crippen LogP contribution >= 0.6 is 11.6 Å². The summed E-state index contributed by atoms with van der Waals surface area (Å²) in [5, 5.41) is 17.3. The van der Waals surface area contributed by atoms with Crippen LogP contribution in [0.25, 0.3) is 0 Å². The number of hydrogen-bond donors (Lipinski definition) is 1. The van der Waals surface area contributed by atoms with Gasteiger partial charge in [-0.3, -0.25) is 10.3 Å². The van der Waals surface area contributed by atoms with Gasteiger partial charge in [-0.05, 0) is 24.6 Å². The third-order valence-corrected chi connectivity index (χ3v) is 4.93. The largest absolute Gasteiger partial charge is 0.493 e. The average molecular weight is 448 g/mol. The lowest BCUT2D eigenvalue weighted by molar-refractivity contribution is 0.0357. The van der Waals surface area contributed by atoms with Crippen LogP contribution in [0.3, 0.4) is 0 Å². The summed E-state index contributed by atoms with van der Waals surface area (Å²) in [6.07, 6.45) is 0.840. The predicted molar refractivity (Wildman–Crippen MR) is 115 cm³/mol. The molecule has 1 aliphatic rings. The van der Waals surface area contributed by atoms with Gasteiger partial charge in [0.05, 0.1) is 43.2 Å². The van der Waals surface area contributed by atoms with Crippen molar-refractivity contribution in [3.8, 4) is 17.6 Å². The highest BCUT2D eigenvalue weighted by Crippen LogP contribution is 2.35. The van der Waals surface area contributed by atoms with E-state index in [2.05, 4.69) is 26.7 Å². The number of benzene rings is 2. The Morgan fingerprint density at radius 2 is 2.06 bits per heavy atom. The van der Waals surface area contributed by atoms with Gasteiger partial charge in [0.15, 0.2) is 11.5 Å². The summed E-state index contributed by atoms with van der Waals surface area (Å²) in [5.74, 6) is 0.392. The number of ether oxygens (including phenoxy) is 3. The zero-order valence-electron chi connectivity index (χ0n) is 17.1. The summed E-state index contributed by atoms with van der Waals surface area (Å²) in [4.78, 5) is 2.33. The smallest absolute Gasteiger partial charge is 0.163 e. The number of morpholine rings is 1. The number of nitriles is 1. The van der Waals surface area contributed by atoms with Gasteiger partial charge in [-0.2, -0.15) is 5.26 Å². The Morgan fingerprint density at radius 3 is 2.77 bits per heavy atom. The molecule has 0 radical (unpaired) electrons. The number of anilines is 1. The fraction of sp³-hybridized carbons (Fsp3) is 0.381. The maximum atomic E-state index is 13.2. The number of nitrogens with zero attached hydrogens (tertiary/aromatic N) is 4. The Morgan fingerprint density at radius 1 is 1.26 bits per heavy atom. The molecule has 2 aromatic carbocycles. The second kappa shape index (κ2) is 11.5. The first-order valence-corrected chi connectivity index (χ1v) is 10.2. The normalized spacial score (nSPS) is 14.4. The molecule has 31 heavy (non-hydrogen) atoms. The van der Waals surface area contributed by atoms with Crippen LogP contribution in [0.5, 0.6) is 11.5 Å². The SMILES string of the molecule is COc1cc(C#N)c(N=NNc2ccc(F)c(Cl)c2)cc1OCCCN1CCOCC1. The molecule has 0 aromatic heterocycles. The molecule has 0 saturated carbocycles. The van der Waals surface area contributed by atoms with E-state index in [4.69, 9.17) is 25.8 Å². The van der Waals surface area contributed by atoms with Crippen molar-refractivity contribution in [3.63, 3.8) is 0 Å². The third kappa shape index (κ3) is 6.52. The first-order chi connectivity index (χ1) is 15.1. The topological polar surface area (TPSA) is 91.5 Å². The van der Waals surface area contributed by atoms with E-state index in [1.54, 1.807) is 12.1 Å². The summed E-state index contributed by atoms with van der Waals surface area (Å²) >= 11 is 5.75. The van der Waals surface area contributed by atoms with E-state index >= 15 is 0 Å². The second-order valence-electron chi connectivity index (χ2n) is 6.73. The van der Waals surface area contributed by atoms with Crippen LogP contribution in [0.15, 0.2) is 40.7 Å². The molecule has 164 valence electrons. The van der Waals surface area contributed by atoms with Crippen molar-refractivity contribution < 1.29 is 18.6 Å². The van der Waals surface area contributed by atoms with Crippen LogP contribution in [-0.2, 0) is 4.74 Å². The summed E-state index contributed by atoms with van der Waals surface area (Å²) in [6, 6.07) is 9.31. The van der Waals surface area contributed by atoms with Crippen LogP contribution < -0.4 is 14.9 Å². The zero-order chi connectivity index (χ0) is 22.1. The van der Waals surface area contributed by atoms with Crippen molar-refractivity contribution in [2.24, 2.45) is 10.3 Å². The van der Waals surface area contributed by atoms with E-state index in [-0.39, 0.29) is 10.6 Å². The molecule has 1 heterocycles. The van der Waals surface area contributed by atoms with Crippen LogP contribution in [0.2, 0.25) is 5.02 Å². The molecule has 0 aliphatic carbocycles. The Kier molecular flexibility index (Phi) is 8.41. The fourth-order valence-corrected chi connectivity index (χ4v) is 3.17. The molecule has 1 saturated heterocycles. The van der Waals surface area contributed by atoms with Gasteiger partial charge in [-0.15, -0.1) is 5.11 Å². The van der Waals surface area contributed by atoms with E-state index in [9.17, 15) is 9.65 Å². The molecule has 0 atom stereocenters. The molecular weight excluding hydrogens is 425 g/mol. The molecule has 1 N–H and O–H groups in total. The molecule has 2 aromatic rings. The first-order valence-electron chi connectivity index (χ1n) is 9.77. The lowest BCUT2D eigenvalue weighted by Gasteiger charge is -2.26. The van der Waals surface area contributed by atoms with Crippen LogP contribution in [-0.4, -0.2) is 51.5 Å². The highest BCUT2D eigenvalue weighted by Gasteiger charge is 2.13. The van der Waals surface area contributed by atoms with E-state index < -0.39 is 5.82 Å². The molecule has 3 rings (SSSR count). The van der Waals surface area contributed by atoms with E-state index in [1.165, 1.54) is 25.3 Å². The summed E-state index contributed by atoms with van der Waals surface area (Å²) in [5.41, 5.74) is 3.71. The van der Waals surface area contributed by atoms with Crippen molar-refractivity contribution in [3.05, 3.63) is 46.7 Å². The minimum atomic E-state index is -0.526. The monoisotopic (exact) mass is 447 g/mol. The molecule has 1 aliphatic heterocycles. The maximum absolute atomic E-state index is 13.2. The average Bonchev–Trinajstić information content (AvgIpc) is 2.79. The summed E-state index contributed by atoms with van der Waals surface area (Å²) in [7, 11) is 1.51. The fourth-order valence-electron chi connectivity index (χ4n) is 2.99. The number of halogens is 2. The van der Waals surface area contributed by atoms with Gasteiger partial charge < -0.3 is 14.2 Å². The molecule has 0 bridgehead atoms. The lowest BCUT2D eigenvalue weighted by atomic mass is 10.1. The molecular formula is C21H23ClFN5O3. The molecule has 8 nitrogen and oxygen atoms in total. The first kappa shape index (κ1) is 22.7. The zero-order valence-corrected chi connectivity index (χ0v) is 17.9. The van der Waals surface area contributed by atoms with Crippen LogP contribution in [0, 0.1) is 17.1 Å². The minimum Gasteiger partial charge on any atom is -0.493 e. The van der Waals surface area contributed by atoms with Crippen molar-refractivity contribution in [2.75, 3.05) is 52.0 Å². The number of rotatable bonds is 9. The van der Waals surface area contributed by atoms with Crippen molar-refractivity contribution in [1.82, 2.24) is 4.90 Å². The summed E-state index contributed by atoms with van der Waals surface area (Å²) in [6.45, 7) is 4.78. The van der Waals surface area contributed by atoms with Crippen LogP contribution in [0.1, 0.15) is 12.0 Å². The van der Waals surface area contributed by atoms with Gasteiger partial charge in [-0.25, -0.2) is 4.39 Å². The van der Waals surface area contributed by atoms with Gasteiger partial charge in [0.1, 0.15) is 17.6 Å². The van der Waals surface area contributed by atoms with Gasteiger partial charge in [0, 0.05) is 31.8 Å².